The van der Waals surface area contributed by atoms with Gasteiger partial charge in [-0.05, 0) is 63.8 Å². The van der Waals surface area contributed by atoms with Crippen LogP contribution in [0, 0.1) is 0 Å². The summed E-state index contributed by atoms with van der Waals surface area (Å²) in [5, 5.41) is 8.92. The van der Waals surface area contributed by atoms with E-state index in [-0.39, 0.29) is 18.4 Å². The van der Waals surface area contributed by atoms with Crippen molar-refractivity contribution in [3.05, 3.63) is 41.5 Å². The summed E-state index contributed by atoms with van der Waals surface area (Å²) >= 11 is 0. The molecular formula is C20H27NO4. The molecule has 1 aromatic carbocycles. The lowest BCUT2D eigenvalue weighted by Crippen LogP contribution is -2.44. The average Bonchev–Trinajstić information content (AvgIpc) is 2.59. The van der Waals surface area contributed by atoms with Gasteiger partial charge in [-0.25, -0.2) is 0 Å². The Balaban J connectivity index is 2.06. The average molecular weight is 345 g/mol. The van der Waals surface area contributed by atoms with Gasteiger partial charge < -0.3 is 14.7 Å². The smallest absolute Gasteiger partial charge is 0.303 e. The molecule has 1 N–H and O–H groups in total. The molecule has 136 valence electrons. The lowest BCUT2D eigenvalue weighted by molar-refractivity contribution is -0.137. The van der Waals surface area contributed by atoms with Gasteiger partial charge in [0.2, 0.25) is 0 Å². The summed E-state index contributed by atoms with van der Waals surface area (Å²) in [7, 11) is 0. The van der Waals surface area contributed by atoms with Crippen molar-refractivity contribution in [3.8, 4) is 5.75 Å². The number of rotatable bonds is 7. The summed E-state index contributed by atoms with van der Waals surface area (Å²) in [5.41, 5.74) is 1.78. The molecule has 1 amide bonds. The molecule has 1 fully saturated rings. The summed E-state index contributed by atoms with van der Waals surface area (Å²) in [4.78, 5) is 25.6. The Bertz CT molecular complexity index is 634. The van der Waals surface area contributed by atoms with E-state index in [9.17, 15) is 9.59 Å². The number of aliphatic carboxylic acids is 1. The second-order valence-electron chi connectivity index (χ2n) is 6.70. The first kappa shape index (κ1) is 19.0. The van der Waals surface area contributed by atoms with Crippen molar-refractivity contribution in [1.82, 2.24) is 4.90 Å². The fourth-order valence-corrected chi connectivity index (χ4v) is 3.05. The van der Waals surface area contributed by atoms with E-state index in [1.807, 2.05) is 37.0 Å². The number of hydrogen-bond acceptors (Lipinski definition) is 3. The van der Waals surface area contributed by atoms with Crippen LogP contribution in [-0.2, 0) is 4.79 Å². The number of amides is 1. The van der Waals surface area contributed by atoms with Crippen LogP contribution < -0.4 is 4.74 Å². The number of nitrogens with zero attached hydrogens (tertiary/aromatic N) is 1. The second kappa shape index (κ2) is 9.25. The van der Waals surface area contributed by atoms with Gasteiger partial charge in [-0.2, -0.15) is 0 Å². The molecule has 1 heterocycles. The molecule has 0 radical (unpaired) electrons. The Hall–Kier alpha value is -2.30. The highest BCUT2D eigenvalue weighted by Crippen LogP contribution is 2.24. The molecule has 25 heavy (non-hydrogen) atoms. The van der Waals surface area contributed by atoms with E-state index in [2.05, 4.69) is 0 Å². The van der Waals surface area contributed by atoms with Gasteiger partial charge in [0, 0.05) is 24.6 Å². The first-order valence-electron chi connectivity index (χ1n) is 8.86. The van der Waals surface area contributed by atoms with Gasteiger partial charge in [0.25, 0.3) is 5.91 Å². The molecule has 0 bridgehead atoms. The van der Waals surface area contributed by atoms with Gasteiger partial charge in [-0.3, -0.25) is 9.59 Å². The first-order chi connectivity index (χ1) is 12.0. The maximum absolute atomic E-state index is 12.9. The number of carboxylic acids is 1. The molecule has 1 aliphatic rings. The Morgan fingerprint density at radius 1 is 1.32 bits per heavy atom. The Labute approximate surface area is 149 Å². The summed E-state index contributed by atoms with van der Waals surface area (Å²) in [6, 6.07) is 7.23. The van der Waals surface area contributed by atoms with E-state index >= 15 is 0 Å². The van der Waals surface area contributed by atoms with Gasteiger partial charge in [0.05, 0.1) is 0 Å². The highest BCUT2D eigenvalue weighted by molar-refractivity contribution is 5.95. The maximum atomic E-state index is 12.9. The molecule has 0 aromatic heterocycles. The Kier molecular flexibility index (Phi) is 7.04. The minimum absolute atomic E-state index is 0.00704. The van der Waals surface area contributed by atoms with Crippen LogP contribution in [0.4, 0.5) is 0 Å². The highest BCUT2D eigenvalue weighted by Gasteiger charge is 2.27. The second-order valence-corrected chi connectivity index (χ2v) is 6.70. The van der Waals surface area contributed by atoms with Crippen molar-refractivity contribution in [2.24, 2.45) is 0 Å². The molecule has 0 saturated carbocycles. The van der Waals surface area contributed by atoms with Crippen LogP contribution in [0.1, 0.15) is 56.3 Å². The Morgan fingerprint density at radius 3 is 2.84 bits per heavy atom. The summed E-state index contributed by atoms with van der Waals surface area (Å²) < 4.78 is 5.68. The number of allylic oxidation sites excluding steroid dienone is 1. The molecule has 1 aromatic rings. The number of carbonyl (C=O) groups is 2. The summed E-state index contributed by atoms with van der Waals surface area (Å²) in [6.07, 6.45) is 5.47. The summed E-state index contributed by atoms with van der Waals surface area (Å²) in [5.74, 6) is -0.183. The molecule has 5 nitrogen and oxygen atoms in total. The third-order valence-electron chi connectivity index (χ3n) is 4.40. The van der Waals surface area contributed by atoms with Crippen LogP contribution in [0.25, 0.3) is 0 Å². The number of ether oxygens (including phenoxy) is 1. The number of carbonyl (C=O) groups excluding carboxylic acids is 1. The van der Waals surface area contributed by atoms with Crippen LogP contribution in [0.5, 0.6) is 5.75 Å². The monoisotopic (exact) mass is 345 g/mol. The van der Waals surface area contributed by atoms with Crippen LogP contribution in [-0.4, -0.2) is 41.1 Å². The topological polar surface area (TPSA) is 66.8 Å². The number of likely N-dealkylation sites (tertiary alicyclic amines) is 1. The lowest BCUT2D eigenvalue weighted by Gasteiger charge is -2.35. The van der Waals surface area contributed by atoms with E-state index in [0.29, 0.717) is 30.9 Å². The van der Waals surface area contributed by atoms with Crippen molar-refractivity contribution < 1.29 is 19.4 Å². The molecule has 1 unspecified atom stereocenters. The van der Waals surface area contributed by atoms with Gasteiger partial charge in [0.15, 0.2) is 0 Å². The minimum atomic E-state index is -0.812. The zero-order valence-electron chi connectivity index (χ0n) is 15.0. The van der Waals surface area contributed by atoms with Crippen LogP contribution in [0.15, 0.2) is 35.9 Å². The highest BCUT2D eigenvalue weighted by atomic mass is 16.5. The molecule has 1 aliphatic heterocycles. The fraction of sp³-hybridized carbons (Fsp3) is 0.500. The predicted molar refractivity (Wildman–Crippen MR) is 96.9 cm³/mol. The first-order valence-corrected chi connectivity index (χ1v) is 8.86. The third kappa shape index (κ3) is 5.93. The van der Waals surface area contributed by atoms with Crippen molar-refractivity contribution in [1.29, 1.82) is 0 Å². The van der Waals surface area contributed by atoms with Gasteiger partial charge in [-0.1, -0.05) is 11.6 Å². The van der Waals surface area contributed by atoms with Crippen molar-refractivity contribution in [2.45, 2.75) is 52.0 Å². The van der Waals surface area contributed by atoms with E-state index in [1.54, 1.807) is 12.1 Å². The number of hydrogen-bond donors (Lipinski definition) is 1. The van der Waals surface area contributed by atoms with Crippen LogP contribution in [0.2, 0.25) is 0 Å². The third-order valence-corrected chi connectivity index (χ3v) is 4.40. The molecule has 2 rings (SSSR count). The Morgan fingerprint density at radius 2 is 2.12 bits per heavy atom. The number of carboxylic acid groups (broad SMARTS) is 1. The van der Waals surface area contributed by atoms with Gasteiger partial charge >= 0.3 is 5.97 Å². The van der Waals surface area contributed by atoms with E-state index < -0.39 is 5.97 Å². The lowest BCUT2D eigenvalue weighted by atomic mass is 9.97. The molecule has 5 heteroatoms. The molecule has 0 aliphatic carbocycles. The quantitative estimate of drug-likeness (QED) is 0.761. The predicted octanol–water partition coefficient (Wildman–Crippen LogP) is 3.89. The maximum Gasteiger partial charge on any atom is 0.303 e. The zero-order chi connectivity index (χ0) is 18.2. The number of benzene rings is 1. The van der Waals surface area contributed by atoms with E-state index in [4.69, 9.17) is 9.84 Å². The molecule has 1 atom stereocenters. The molecular weight excluding hydrogens is 318 g/mol. The van der Waals surface area contributed by atoms with Crippen LogP contribution >= 0.6 is 0 Å². The standard InChI is InChI=1S/C20H27NO4/c1-15(2)11-13-25-18-8-5-6-16(14-18)20(24)21-12-4-3-7-17(21)9-10-19(22)23/h5-6,8,11,14,17H,3-4,7,9-10,12-13H2,1-2H3,(H,22,23). The van der Waals surface area contributed by atoms with Crippen molar-refractivity contribution in [3.63, 3.8) is 0 Å². The minimum Gasteiger partial charge on any atom is -0.490 e. The zero-order valence-corrected chi connectivity index (χ0v) is 15.0. The SMILES string of the molecule is CC(C)=CCOc1cccc(C(=O)N2CCCCC2CCC(=O)O)c1. The summed E-state index contributed by atoms with van der Waals surface area (Å²) in [6.45, 7) is 5.19. The largest absolute Gasteiger partial charge is 0.490 e. The number of piperidine rings is 1. The van der Waals surface area contributed by atoms with Crippen LogP contribution in [0.3, 0.4) is 0 Å². The molecule has 1 saturated heterocycles. The van der Waals surface area contributed by atoms with Crippen molar-refractivity contribution >= 4 is 11.9 Å². The molecule has 0 spiro atoms. The normalized spacial score (nSPS) is 17.0. The van der Waals surface area contributed by atoms with Gasteiger partial charge in [-0.15, -0.1) is 0 Å². The van der Waals surface area contributed by atoms with E-state index in [1.165, 1.54) is 5.57 Å². The fourth-order valence-electron chi connectivity index (χ4n) is 3.05. The van der Waals surface area contributed by atoms with Crippen molar-refractivity contribution in [2.75, 3.05) is 13.2 Å². The van der Waals surface area contributed by atoms with Gasteiger partial charge in [0.1, 0.15) is 12.4 Å². The van der Waals surface area contributed by atoms with E-state index in [0.717, 1.165) is 19.3 Å².